The summed E-state index contributed by atoms with van der Waals surface area (Å²) in [5.41, 5.74) is 1.15. The predicted molar refractivity (Wildman–Crippen MR) is 118 cm³/mol. The molecule has 7 nitrogen and oxygen atoms in total. The number of rotatable bonds is 5. The van der Waals surface area contributed by atoms with E-state index >= 15 is 0 Å². The van der Waals surface area contributed by atoms with Crippen LogP contribution in [0.5, 0.6) is 0 Å². The molecule has 0 aliphatic carbocycles. The standard InChI is InChI=1S/C21H27BN2O5S/c1-6-29-19(26)15-14-11-20(2,3)24-21(4,5)16(14)30-18(15)23-17(25)12-8-7-9-13(10-12)22(27)28/h7-10,24,27-28H,6,11H2,1-5H3,(H,23,25). The number of carbonyl (C=O) groups is 2. The maximum absolute atomic E-state index is 12.9. The number of nitrogens with one attached hydrogen (secondary N) is 2. The van der Waals surface area contributed by atoms with Gasteiger partial charge in [0, 0.05) is 21.5 Å². The smallest absolute Gasteiger partial charge is 0.462 e. The molecule has 1 aromatic carbocycles. The molecule has 30 heavy (non-hydrogen) atoms. The minimum Gasteiger partial charge on any atom is -0.462 e. The largest absolute Gasteiger partial charge is 0.488 e. The Balaban J connectivity index is 2.05. The van der Waals surface area contributed by atoms with E-state index in [4.69, 9.17) is 4.74 Å². The quantitative estimate of drug-likeness (QED) is 0.427. The Kier molecular flexibility index (Phi) is 6.11. The van der Waals surface area contributed by atoms with Crippen molar-refractivity contribution in [2.45, 2.75) is 52.1 Å². The van der Waals surface area contributed by atoms with Crippen molar-refractivity contribution in [3.8, 4) is 0 Å². The van der Waals surface area contributed by atoms with Gasteiger partial charge in [0.05, 0.1) is 12.2 Å². The highest BCUT2D eigenvalue weighted by molar-refractivity contribution is 7.17. The van der Waals surface area contributed by atoms with Crippen LogP contribution < -0.4 is 16.1 Å². The summed E-state index contributed by atoms with van der Waals surface area (Å²) in [6, 6.07) is 6.08. The fraction of sp³-hybridized carbons (Fsp3) is 0.429. The van der Waals surface area contributed by atoms with Crippen molar-refractivity contribution >= 4 is 40.8 Å². The van der Waals surface area contributed by atoms with Crippen LogP contribution in [0, 0.1) is 0 Å². The Hall–Kier alpha value is -2.20. The summed E-state index contributed by atoms with van der Waals surface area (Å²) < 4.78 is 5.30. The van der Waals surface area contributed by atoms with Crippen LogP contribution in [-0.2, 0) is 16.7 Å². The van der Waals surface area contributed by atoms with Crippen molar-refractivity contribution < 1.29 is 24.4 Å². The van der Waals surface area contributed by atoms with Crippen molar-refractivity contribution in [1.82, 2.24) is 5.32 Å². The third kappa shape index (κ3) is 4.44. The second kappa shape index (κ2) is 8.15. The molecular formula is C21H27BN2O5S. The lowest BCUT2D eigenvalue weighted by Crippen LogP contribution is -2.55. The molecule has 160 valence electrons. The molecule has 2 heterocycles. The Labute approximate surface area is 180 Å². The third-order valence-electron chi connectivity index (χ3n) is 5.00. The highest BCUT2D eigenvalue weighted by atomic mass is 32.1. The van der Waals surface area contributed by atoms with Crippen LogP contribution in [0.15, 0.2) is 24.3 Å². The molecule has 1 amide bonds. The van der Waals surface area contributed by atoms with Crippen molar-refractivity contribution in [3.63, 3.8) is 0 Å². The van der Waals surface area contributed by atoms with E-state index in [0.29, 0.717) is 17.0 Å². The third-order valence-corrected chi connectivity index (χ3v) is 6.47. The maximum atomic E-state index is 12.9. The molecule has 0 atom stereocenters. The zero-order valence-electron chi connectivity index (χ0n) is 17.8. The van der Waals surface area contributed by atoms with E-state index in [1.807, 2.05) is 0 Å². The Morgan fingerprint density at radius 3 is 2.60 bits per heavy atom. The molecule has 0 radical (unpaired) electrons. The van der Waals surface area contributed by atoms with Gasteiger partial charge in [0.25, 0.3) is 5.91 Å². The van der Waals surface area contributed by atoms with Crippen molar-refractivity contribution in [2.75, 3.05) is 11.9 Å². The van der Waals surface area contributed by atoms with Crippen molar-refractivity contribution in [1.29, 1.82) is 0 Å². The minimum absolute atomic E-state index is 0.214. The number of benzene rings is 1. The zero-order valence-corrected chi connectivity index (χ0v) is 18.6. The average Bonchev–Trinajstić information content (AvgIpc) is 2.99. The fourth-order valence-corrected chi connectivity index (χ4v) is 5.31. The average molecular weight is 430 g/mol. The van der Waals surface area contributed by atoms with Gasteiger partial charge in [0.2, 0.25) is 0 Å². The summed E-state index contributed by atoms with van der Waals surface area (Å²) in [5, 5.41) is 25.6. The van der Waals surface area contributed by atoms with Crippen LogP contribution >= 0.6 is 11.3 Å². The lowest BCUT2D eigenvalue weighted by molar-refractivity contribution is 0.0525. The lowest BCUT2D eigenvalue weighted by Gasteiger charge is -2.42. The number of hydrogen-bond acceptors (Lipinski definition) is 7. The molecule has 0 unspecified atom stereocenters. The van der Waals surface area contributed by atoms with E-state index in [1.165, 1.54) is 23.5 Å². The molecule has 0 saturated carbocycles. The number of thiophene rings is 1. The first-order valence-corrected chi connectivity index (χ1v) is 10.7. The highest BCUT2D eigenvalue weighted by Gasteiger charge is 2.42. The number of carbonyl (C=O) groups excluding carboxylic acids is 2. The molecule has 0 bridgehead atoms. The number of fused-ring (bicyclic) bond motifs is 1. The normalized spacial score (nSPS) is 16.5. The van der Waals surface area contributed by atoms with Crippen LogP contribution in [-0.4, -0.2) is 41.2 Å². The van der Waals surface area contributed by atoms with E-state index in [9.17, 15) is 19.6 Å². The van der Waals surface area contributed by atoms with Gasteiger partial charge in [-0.15, -0.1) is 11.3 Å². The predicted octanol–water partition coefficient (Wildman–Crippen LogP) is 2.02. The van der Waals surface area contributed by atoms with Crippen LogP contribution in [0.4, 0.5) is 5.00 Å². The topological polar surface area (TPSA) is 108 Å². The van der Waals surface area contributed by atoms with Gasteiger partial charge >= 0.3 is 13.1 Å². The molecule has 1 aliphatic heterocycles. The Morgan fingerprint density at radius 1 is 1.27 bits per heavy atom. The second-order valence-corrected chi connectivity index (χ2v) is 9.62. The van der Waals surface area contributed by atoms with E-state index in [1.54, 1.807) is 19.1 Å². The molecule has 1 aliphatic rings. The van der Waals surface area contributed by atoms with Gasteiger partial charge in [-0.05, 0) is 64.2 Å². The molecule has 0 spiro atoms. The van der Waals surface area contributed by atoms with Gasteiger partial charge in [-0.1, -0.05) is 12.1 Å². The molecule has 3 rings (SSSR count). The number of hydrogen-bond donors (Lipinski definition) is 4. The van der Waals surface area contributed by atoms with E-state index < -0.39 is 19.0 Å². The molecule has 4 N–H and O–H groups in total. The highest BCUT2D eigenvalue weighted by Crippen LogP contribution is 2.45. The van der Waals surface area contributed by atoms with E-state index in [2.05, 4.69) is 38.3 Å². The number of esters is 1. The van der Waals surface area contributed by atoms with Crippen molar-refractivity contribution in [2.24, 2.45) is 0 Å². The number of amides is 1. The maximum Gasteiger partial charge on any atom is 0.488 e. The van der Waals surface area contributed by atoms with E-state index in [0.717, 1.165) is 10.4 Å². The molecular weight excluding hydrogens is 403 g/mol. The van der Waals surface area contributed by atoms with Gasteiger partial charge in [-0.3, -0.25) is 4.79 Å². The number of ether oxygens (including phenoxy) is 1. The lowest BCUT2D eigenvalue weighted by atomic mass is 9.79. The monoisotopic (exact) mass is 430 g/mol. The molecule has 0 saturated heterocycles. The van der Waals surface area contributed by atoms with Crippen LogP contribution in [0.1, 0.15) is 65.8 Å². The van der Waals surface area contributed by atoms with Gasteiger partial charge in [-0.25, -0.2) is 4.79 Å². The summed E-state index contributed by atoms with van der Waals surface area (Å²) in [6.07, 6.45) is 0.623. The molecule has 1 aromatic heterocycles. The minimum atomic E-state index is -1.67. The van der Waals surface area contributed by atoms with Crippen LogP contribution in [0.25, 0.3) is 0 Å². The molecule has 0 fully saturated rings. The fourth-order valence-electron chi connectivity index (χ4n) is 4.05. The second-order valence-electron chi connectivity index (χ2n) is 8.60. The van der Waals surface area contributed by atoms with E-state index in [-0.39, 0.29) is 28.7 Å². The summed E-state index contributed by atoms with van der Waals surface area (Å²) in [7, 11) is -1.67. The summed E-state index contributed by atoms with van der Waals surface area (Å²) in [4.78, 5) is 26.7. The first-order chi connectivity index (χ1) is 13.9. The van der Waals surface area contributed by atoms with Gasteiger partial charge in [-0.2, -0.15) is 0 Å². The molecule has 2 aromatic rings. The van der Waals surface area contributed by atoms with Crippen LogP contribution in [0.2, 0.25) is 0 Å². The first kappa shape index (κ1) is 22.5. The Bertz CT molecular complexity index is 984. The summed E-state index contributed by atoms with van der Waals surface area (Å²) >= 11 is 1.36. The van der Waals surface area contributed by atoms with Gasteiger partial charge < -0.3 is 25.4 Å². The summed E-state index contributed by atoms with van der Waals surface area (Å²) in [5.74, 6) is -0.898. The zero-order chi connectivity index (χ0) is 22.3. The van der Waals surface area contributed by atoms with Crippen molar-refractivity contribution in [3.05, 3.63) is 45.8 Å². The van der Waals surface area contributed by atoms with Gasteiger partial charge in [0.15, 0.2) is 0 Å². The number of anilines is 1. The Morgan fingerprint density at radius 2 is 1.97 bits per heavy atom. The first-order valence-electron chi connectivity index (χ1n) is 9.85. The SMILES string of the molecule is CCOC(=O)c1c(NC(=O)c2cccc(B(O)O)c2)sc2c1CC(C)(C)NC2(C)C. The summed E-state index contributed by atoms with van der Waals surface area (Å²) in [6.45, 7) is 10.2. The molecule has 9 heteroatoms. The van der Waals surface area contributed by atoms with Gasteiger partial charge in [0.1, 0.15) is 5.00 Å². The van der Waals surface area contributed by atoms with Crippen LogP contribution in [0.3, 0.4) is 0 Å².